The minimum atomic E-state index is -0.733. The average Bonchev–Trinajstić information content (AvgIpc) is 3.27. The molecule has 2 heterocycles. The minimum absolute atomic E-state index is 0.166. The molecule has 0 bridgehead atoms. The van der Waals surface area contributed by atoms with Gasteiger partial charge in [0.25, 0.3) is 0 Å². The first-order valence-electron chi connectivity index (χ1n) is 9.15. The number of carbonyl (C=O) groups excluding carboxylic acids is 2. The van der Waals surface area contributed by atoms with E-state index in [1.54, 1.807) is 6.92 Å². The number of aliphatic hydroxyl groups is 2. The summed E-state index contributed by atoms with van der Waals surface area (Å²) in [6, 6.07) is 0. The maximum Gasteiger partial charge on any atom is 0.334 e. The van der Waals surface area contributed by atoms with E-state index < -0.39 is 41.8 Å². The number of hydrogen-bond donors (Lipinski definition) is 2. The third-order valence-corrected chi connectivity index (χ3v) is 5.61. The Morgan fingerprint density at radius 2 is 2.22 bits per heavy atom. The molecule has 2 aliphatic heterocycles. The molecule has 148 valence electrons. The molecule has 3 rings (SSSR count). The number of allylic oxidation sites excluding steroid dienone is 1. The van der Waals surface area contributed by atoms with Crippen molar-refractivity contribution in [3.05, 3.63) is 35.5 Å². The van der Waals surface area contributed by atoms with E-state index in [0.717, 1.165) is 5.57 Å². The van der Waals surface area contributed by atoms with Crippen molar-refractivity contribution in [2.45, 2.75) is 57.0 Å². The molecule has 0 aromatic heterocycles. The van der Waals surface area contributed by atoms with Crippen LogP contribution in [0.2, 0.25) is 0 Å². The Morgan fingerprint density at radius 3 is 2.89 bits per heavy atom. The number of fused-ring (bicyclic) bond motifs is 3. The van der Waals surface area contributed by atoms with Gasteiger partial charge in [0.05, 0.1) is 19.1 Å². The molecule has 2 N–H and O–H groups in total. The van der Waals surface area contributed by atoms with Gasteiger partial charge in [-0.1, -0.05) is 18.2 Å². The Morgan fingerprint density at radius 1 is 1.48 bits per heavy atom. The topological polar surface area (TPSA) is 106 Å². The quantitative estimate of drug-likeness (QED) is 0.328. The van der Waals surface area contributed by atoms with E-state index in [4.69, 9.17) is 19.3 Å². The van der Waals surface area contributed by atoms with E-state index in [2.05, 4.69) is 6.58 Å². The lowest BCUT2D eigenvalue weighted by Crippen LogP contribution is -2.39. The Labute approximate surface area is 158 Å². The number of ether oxygens (including phenoxy) is 3. The molecular weight excluding hydrogens is 352 g/mol. The highest BCUT2D eigenvalue weighted by molar-refractivity contribution is 5.91. The fourth-order valence-corrected chi connectivity index (χ4v) is 3.94. The smallest absolute Gasteiger partial charge is 0.334 e. The molecule has 27 heavy (non-hydrogen) atoms. The zero-order valence-corrected chi connectivity index (χ0v) is 15.6. The molecule has 1 aliphatic carbocycles. The van der Waals surface area contributed by atoms with E-state index in [0.29, 0.717) is 19.3 Å². The number of aliphatic hydroxyl groups excluding tert-OH is 2. The van der Waals surface area contributed by atoms with Crippen LogP contribution in [-0.2, 0) is 23.8 Å². The maximum absolute atomic E-state index is 12.4. The summed E-state index contributed by atoms with van der Waals surface area (Å²) < 4.78 is 17.0. The third-order valence-electron chi connectivity index (χ3n) is 5.61. The Hall–Kier alpha value is -1.96. The monoisotopic (exact) mass is 378 g/mol. The first-order valence-corrected chi connectivity index (χ1v) is 9.15. The largest absolute Gasteiger partial charge is 0.458 e. The minimum Gasteiger partial charge on any atom is -0.458 e. The lowest BCUT2D eigenvalue weighted by Gasteiger charge is -2.28. The SMILES string of the molecule is C=C1C(=O)O[C@H]2[C@H]1[C@H](OC(=O)/C(C)=C\CO)C/C(C)=C/CC[C@@]1(CO)O[C@@H]21. The zero-order chi connectivity index (χ0) is 19.8. The standard InChI is InChI=1S/C20H26O7/c1-11-5-4-7-20(10-22)17(27-20)16-15(13(3)19(24)26-16)14(9-11)25-18(23)12(2)6-8-21/h5-6,14-17,21-22H,3-4,7-10H2,1-2H3/b11-5+,12-6-/t14-,15-,16+,17+,20+/m1/s1. The summed E-state index contributed by atoms with van der Waals surface area (Å²) in [4.78, 5) is 24.6. The third kappa shape index (κ3) is 3.72. The van der Waals surface area contributed by atoms with Crippen molar-refractivity contribution < 1.29 is 34.0 Å². The molecule has 0 aromatic rings. The zero-order valence-electron chi connectivity index (χ0n) is 15.6. The number of epoxide rings is 1. The normalized spacial score (nSPS) is 38.2. The van der Waals surface area contributed by atoms with Gasteiger partial charge < -0.3 is 24.4 Å². The summed E-state index contributed by atoms with van der Waals surface area (Å²) >= 11 is 0. The molecule has 0 amide bonds. The van der Waals surface area contributed by atoms with Gasteiger partial charge in [0.15, 0.2) is 0 Å². The molecule has 0 aromatic carbocycles. The van der Waals surface area contributed by atoms with Gasteiger partial charge in [0.2, 0.25) is 0 Å². The van der Waals surface area contributed by atoms with E-state index >= 15 is 0 Å². The molecule has 2 fully saturated rings. The van der Waals surface area contributed by atoms with Crippen molar-refractivity contribution in [2.24, 2.45) is 5.92 Å². The van der Waals surface area contributed by atoms with Crippen molar-refractivity contribution in [1.82, 2.24) is 0 Å². The summed E-state index contributed by atoms with van der Waals surface area (Å²) in [5.74, 6) is -1.64. The van der Waals surface area contributed by atoms with E-state index in [-0.39, 0.29) is 24.4 Å². The van der Waals surface area contributed by atoms with Crippen molar-refractivity contribution in [3.8, 4) is 0 Å². The summed E-state index contributed by atoms with van der Waals surface area (Å²) in [5.41, 5.74) is 0.812. The summed E-state index contributed by atoms with van der Waals surface area (Å²) in [6.45, 7) is 6.92. The molecule has 2 saturated heterocycles. The van der Waals surface area contributed by atoms with Crippen LogP contribution in [0.3, 0.4) is 0 Å². The predicted octanol–water partition coefficient (Wildman–Crippen LogP) is 1.19. The first kappa shape index (κ1) is 19.8. The molecule has 3 aliphatic rings. The van der Waals surface area contributed by atoms with E-state index in [9.17, 15) is 14.7 Å². The first-order chi connectivity index (χ1) is 12.8. The molecule has 0 unspecified atom stereocenters. The van der Waals surface area contributed by atoms with Gasteiger partial charge in [-0.25, -0.2) is 9.59 Å². The van der Waals surface area contributed by atoms with Crippen LogP contribution >= 0.6 is 0 Å². The van der Waals surface area contributed by atoms with Crippen LogP contribution in [0, 0.1) is 5.92 Å². The predicted molar refractivity (Wildman–Crippen MR) is 95.5 cm³/mol. The molecule has 0 radical (unpaired) electrons. The highest BCUT2D eigenvalue weighted by Gasteiger charge is 2.65. The molecule has 7 nitrogen and oxygen atoms in total. The lowest BCUT2D eigenvalue weighted by molar-refractivity contribution is -0.148. The number of hydrogen-bond acceptors (Lipinski definition) is 7. The van der Waals surface area contributed by atoms with E-state index in [1.807, 2.05) is 13.0 Å². The number of esters is 2. The van der Waals surface area contributed by atoms with Gasteiger partial charge in [-0.15, -0.1) is 0 Å². The van der Waals surface area contributed by atoms with E-state index in [1.165, 1.54) is 6.08 Å². The molecule has 0 saturated carbocycles. The second-order valence-corrected chi connectivity index (χ2v) is 7.49. The van der Waals surface area contributed by atoms with Gasteiger partial charge in [-0.05, 0) is 32.8 Å². The fraction of sp³-hybridized carbons (Fsp3) is 0.600. The van der Waals surface area contributed by atoms with Gasteiger partial charge in [0.1, 0.15) is 23.9 Å². The Bertz CT molecular complexity index is 707. The van der Waals surface area contributed by atoms with Gasteiger partial charge in [0, 0.05) is 17.6 Å². The summed E-state index contributed by atoms with van der Waals surface area (Å²) in [7, 11) is 0. The number of rotatable bonds is 4. The van der Waals surface area contributed by atoms with Crippen molar-refractivity contribution in [1.29, 1.82) is 0 Å². The Balaban J connectivity index is 1.93. The van der Waals surface area contributed by atoms with Crippen molar-refractivity contribution in [2.75, 3.05) is 13.2 Å². The summed E-state index contributed by atoms with van der Waals surface area (Å²) in [6.07, 6.45) is 3.43. The van der Waals surface area contributed by atoms with Crippen LogP contribution in [0.4, 0.5) is 0 Å². The van der Waals surface area contributed by atoms with Gasteiger partial charge in [-0.2, -0.15) is 0 Å². The summed E-state index contributed by atoms with van der Waals surface area (Å²) in [5, 5.41) is 18.8. The molecule has 7 heteroatoms. The van der Waals surface area contributed by atoms with Crippen LogP contribution in [0.25, 0.3) is 0 Å². The highest BCUT2D eigenvalue weighted by Crippen LogP contribution is 2.50. The van der Waals surface area contributed by atoms with Gasteiger partial charge >= 0.3 is 11.9 Å². The maximum atomic E-state index is 12.4. The lowest BCUT2D eigenvalue weighted by atomic mass is 9.81. The Kier molecular flexibility index (Phi) is 5.55. The highest BCUT2D eigenvalue weighted by atomic mass is 16.7. The second-order valence-electron chi connectivity index (χ2n) is 7.49. The fourth-order valence-electron chi connectivity index (χ4n) is 3.94. The van der Waals surface area contributed by atoms with Crippen LogP contribution in [0.15, 0.2) is 35.5 Å². The molecule has 0 spiro atoms. The molecular formula is C20H26O7. The van der Waals surface area contributed by atoms with Crippen LogP contribution < -0.4 is 0 Å². The van der Waals surface area contributed by atoms with Gasteiger partial charge in [-0.3, -0.25) is 0 Å². The second kappa shape index (κ2) is 7.58. The van der Waals surface area contributed by atoms with Crippen LogP contribution in [-0.4, -0.2) is 59.3 Å². The van der Waals surface area contributed by atoms with Crippen molar-refractivity contribution in [3.63, 3.8) is 0 Å². The van der Waals surface area contributed by atoms with Crippen LogP contribution in [0.1, 0.15) is 33.1 Å². The molecule has 5 atom stereocenters. The van der Waals surface area contributed by atoms with Crippen molar-refractivity contribution >= 4 is 11.9 Å². The number of carbonyl (C=O) groups is 2. The van der Waals surface area contributed by atoms with Crippen LogP contribution in [0.5, 0.6) is 0 Å². The average molecular weight is 378 g/mol.